The molecular weight excluding hydrogens is 1760 g/mol. The number of rotatable bonds is 19. The monoisotopic (exact) mass is 1830 g/mol. The molecule has 36 heteroatoms. The van der Waals surface area contributed by atoms with Gasteiger partial charge in [0.1, 0.15) is 56.0 Å². The van der Waals surface area contributed by atoms with Crippen LogP contribution in [0.4, 0.5) is 22.0 Å². The third-order valence-electron chi connectivity index (χ3n) is 21.9. The van der Waals surface area contributed by atoms with Crippen molar-refractivity contribution in [3.05, 3.63) is 300 Å². The Bertz CT molecular complexity index is 8080. The standard InChI is InChI=1S/C26H21F2N5O2.C24H18ClN5O2.C24H21N5O3.C23H15ClF3N5O2/c1-32-13-18-12-19(8-9-20(18)30-32)33-26(34)24(17-6-4-16(5-7-17)15-2-3-15)25-21(31-33)10-11-23(29-25)35-14-22(27)28;1-29-13-15-12-17(6-9-19(15)27-29)30-24(31)22(14-2-4-16(25)5-3-14)23-20(28-30)10-11-21(26-23)32-18-7-8-18;1-4-32-21-12-11-20-23(25-21)22(15-5-8-18(31-3)9-6-15)24(30)29(27-20)17-7-10-19-16(13-17)14-28(2)26-19;1-31-11-14-10-16(6-7-17(14)29-31)32-22(33)20(13-2-4-15(24)5-3-13)21-18(30-32)8-9-19(28-21)34-12-23(25,26)27/h4-13,15,22H,2-3,14H2,1H3;2-6,9-13,18H,7-8H2,1H3;5-14H,4H2,1-3H3;2-11H,12H2,1H3. The lowest BCUT2D eigenvalue weighted by Crippen LogP contribution is -2.24. The summed E-state index contributed by atoms with van der Waals surface area (Å²) in [7, 11) is 8.97. The molecule has 0 saturated heterocycles. The predicted octanol–water partition coefficient (Wildman–Crippen LogP) is 18.1. The topological polar surface area (TPSA) is 309 Å². The summed E-state index contributed by atoms with van der Waals surface area (Å²) in [6, 6.07) is 64.0. The number of fused-ring (bicyclic) bond motifs is 8. The first-order chi connectivity index (χ1) is 64.2. The normalized spacial score (nSPS) is 12.6. The molecule has 29 nitrogen and oxygen atoms in total. The highest BCUT2D eigenvalue weighted by molar-refractivity contribution is 6.31. The van der Waals surface area contributed by atoms with E-state index in [1.807, 2.05) is 174 Å². The molecule has 0 spiro atoms. The molecule has 0 unspecified atom stereocenters. The maximum atomic E-state index is 13.8. The number of pyridine rings is 4. The van der Waals surface area contributed by atoms with Crippen LogP contribution in [0.15, 0.2) is 262 Å². The van der Waals surface area contributed by atoms with Crippen molar-refractivity contribution in [2.45, 2.75) is 57.2 Å². The second-order valence-corrected chi connectivity index (χ2v) is 32.5. The average molecular weight is 1830 g/mol. The maximum absolute atomic E-state index is 13.8. The molecule has 22 rings (SSSR count). The minimum absolute atomic E-state index is 0.0179. The van der Waals surface area contributed by atoms with Gasteiger partial charge in [0.2, 0.25) is 23.5 Å². The summed E-state index contributed by atoms with van der Waals surface area (Å²) in [5, 5.41) is 40.3. The fourth-order valence-electron chi connectivity index (χ4n) is 15.5. The third-order valence-corrected chi connectivity index (χ3v) is 22.4. The number of benzene rings is 8. The van der Waals surface area contributed by atoms with Crippen LogP contribution < -0.4 is 45.9 Å². The van der Waals surface area contributed by atoms with E-state index in [2.05, 4.69) is 60.7 Å². The SMILES string of the molecule is CCOc1ccc2nn(-c3ccc4nn(C)cc4c3)c(=O)c(-c3ccc(OC)cc3)c2n1.Cn1cc2cc(-n3nc4ccc(OC5CC5)nc4c(-c4ccc(Cl)cc4)c3=O)ccc2n1.Cn1cc2cc(-n3nc4ccc(OCC(F)(F)F)nc4c(-c4ccc(Cl)cc4)c3=O)ccc2n1.Cn1cc2cc(-n3nc4ccc(OCC(F)F)nc4c(-c4ccc(C5CC5)cc4)c3=O)ccc2n1. The van der Waals surface area contributed by atoms with E-state index in [9.17, 15) is 41.1 Å². The molecule has 2 fully saturated rings. The van der Waals surface area contributed by atoms with Crippen molar-refractivity contribution in [2.75, 3.05) is 26.9 Å². The first-order valence-electron chi connectivity index (χ1n) is 41.9. The summed E-state index contributed by atoms with van der Waals surface area (Å²) in [5.41, 5.74) is 12.9. The number of hydrogen-bond donors (Lipinski definition) is 0. The molecule has 12 heterocycles. The van der Waals surface area contributed by atoms with Crippen molar-refractivity contribution in [2.24, 2.45) is 28.2 Å². The van der Waals surface area contributed by atoms with Gasteiger partial charge in [-0.1, -0.05) is 83.9 Å². The van der Waals surface area contributed by atoms with E-state index < -0.39 is 31.4 Å². The Labute approximate surface area is 759 Å². The molecule has 12 aromatic heterocycles. The van der Waals surface area contributed by atoms with E-state index in [0.29, 0.717) is 129 Å². The second kappa shape index (κ2) is 35.8. The largest absolute Gasteiger partial charge is 0.497 e. The molecule has 2 aliphatic rings. The Morgan fingerprint density at radius 3 is 1.00 bits per heavy atom. The summed E-state index contributed by atoms with van der Waals surface area (Å²) >= 11 is 12.1. The first-order valence-corrected chi connectivity index (χ1v) is 42.7. The van der Waals surface area contributed by atoms with Gasteiger partial charge in [-0.2, -0.15) is 72.7 Å². The van der Waals surface area contributed by atoms with Gasteiger partial charge in [-0.15, -0.1) is 0 Å². The number of halogens is 7. The van der Waals surface area contributed by atoms with Crippen LogP contribution >= 0.6 is 23.2 Å². The van der Waals surface area contributed by atoms with E-state index in [1.54, 1.807) is 112 Å². The first kappa shape index (κ1) is 86.4. The number of hydrogen-bond acceptors (Lipinski definition) is 21. The summed E-state index contributed by atoms with van der Waals surface area (Å²) in [5.74, 6) is 1.99. The maximum Gasteiger partial charge on any atom is 0.422 e. The lowest BCUT2D eigenvalue weighted by atomic mass is 10.0. The van der Waals surface area contributed by atoms with Crippen LogP contribution in [0, 0.1) is 0 Å². The highest BCUT2D eigenvalue weighted by Gasteiger charge is 2.31. The quantitative estimate of drug-likeness (QED) is 0.0679. The smallest absolute Gasteiger partial charge is 0.422 e. The van der Waals surface area contributed by atoms with Crippen molar-refractivity contribution >= 4 is 111 Å². The number of aryl methyl sites for hydroxylation is 4. The molecule has 0 atom stereocenters. The highest BCUT2D eigenvalue weighted by Crippen LogP contribution is 2.42. The van der Waals surface area contributed by atoms with Crippen LogP contribution in [0.25, 0.3) is 155 Å². The van der Waals surface area contributed by atoms with Gasteiger partial charge in [0.05, 0.1) is 80.8 Å². The molecule has 0 amide bonds. The van der Waals surface area contributed by atoms with E-state index in [0.717, 1.165) is 67.6 Å². The number of alkyl halides is 5. The van der Waals surface area contributed by atoms with Crippen LogP contribution in [-0.2, 0) is 28.2 Å². The summed E-state index contributed by atoms with van der Waals surface area (Å²) < 4.78 is 102. The predicted molar refractivity (Wildman–Crippen MR) is 496 cm³/mol. The number of aromatic nitrogens is 20. The van der Waals surface area contributed by atoms with Crippen LogP contribution in [0.2, 0.25) is 10.0 Å². The van der Waals surface area contributed by atoms with Gasteiger partial charge in [0, 0.05) is 109 Å². The van der Waals surface area contributed by atoms with Crippen LogP contribution in [-0.4, -0.2) is 144 Å². The molecule has 2 aliphatic carbocycles. The molecule has 8 aromatic carbocycles. The molecule has 133 heavy (non-hydrogen) atoms. The molecule has 20 aromatic rings. The van der Waals surface area contributed by atoms with Crippen molar-refractivity contribution in [1.29, 1.82) is 0 Å². The summed E-state index contributed by atoms with van der Waals surface area (Å²) in [6.07, 6.45) is 4.96. The van der Waals surface area contributed by atoms with Crippen molar-refractivity contribution in [1.82, 2.24) is 98.2 Å². The van der Waals surface area contributed by atoms with Gasteiger partial charge in [-0.05, 0) is 200 Å². The molecule has 0 aliphatic heterocycles. The van der Waals surface area contributed by atoms with E-state index in [-0.39, 0.29) is 45.6 Å². The Balaban J connectivity index is 0.000000114. The fourth-order valence-corrected chi connectivity index (χ4v) is 15.7. The Kier molecular flexibility index (Phi) is 23.3. The van der Waals surface area contributed by atoms with Crippen LogP contribution in [0.1, 0.15) is 44.1 Å². The summed E-state index contributed by atoms with van der Waals surface area (Å²) in [4.78, 5) is 72.7. The molecule has 2 saturated carbocycles. The lowest BCUT2D eigenvalue weighted by molar-refractivity contribution is -0.154. The van der Waals surface area contributed by atoms with Gasteiger partial charge < -0.3 is 23.7 Å². The van der Waals surface area contributed by atoms with Crippen molar-refractivity contribution in [3.8, 4) is 96.5 Å². The number of ether oxygens (including phenoxy) is 5. The number of methoxy groups -OCH3 is 1. The van der Waals surface area contributed by atoms with Crippen molar-refractivity contribution in [3.63, 3.8) is 0 Å². The third kappa shape index (κ3) is 18.4. The van der Waals surface area contributed by atoms with E-state index >= 15 is 0 Å². The van der Waals surface area contributed by atoms with Gasteiger partial charge in [0.15, 0.2) is 13.2 Å². The zero-order valence-electron chi connectivity index (χ0n) is 71.5. The number of nitrogens with zero attached hydrogens (tertiary/aromatic N) is 20. The van der Waals surface area contributed by atoms with Gasteiger partial charge in [-0.25, -0.2) is 28.7 Å². The molecule has 0 radical (unpaired) electrons. The zero-order chi connectivity index (χ0) is 92.2. The highest BCUT2D eigenvalue weighted by atomic mass is 35.5. The van der Waals surface area contributed by atoms with E-state index in [1.165, 1.54) is 55.3 Å². The molecular formula is C97H75Cl2F5N20O9. The van der Waals surface area contributed by atoms with Gasteiger partial charge in [0.25, 0.3) is 28.7 Å². The van der Waals surface area contributed by atoms with Gasteiger partial charge >= 0.3 is 6.18 Å². The zero-order valence-corrected chi connectivity index (χ0v) is 73.1. The Morgan fingerprint density at radius 2 is 0.684 bits per heavy atom. The molecule has 0 N–H and O–H groups in total. The molecule has 666 valence electrons. The van der Waals surface area contributed by atoms with Crippen molar-refractivity contribution < 1.29 is 45.6 Å². The van der Waals surface area contributed by atoms with Crippen LogP contribution in [0.5, 0.6) is 29.3 Å². The minimum Gasteiger partial charge on any atom is -0.497 e. The Morgan fingerprint density at radius 1 is 0.376 bits per heavy atom. The second-order valence-electron chi connectivity index (χ2n) is 31.6. The van der Waals surface area contributed by atoms with E-state index in [4.69, 9.17) is 46.9 Å². The minimum atomic E-state index is -4.53. The molecule has 0 bridgehead atoms. The average Bonchev–Trinajstić information content (AvgIpc) is 1.76. The van der Waals surface area contributed by atoms with Crippen LogP contribution in [0.3, 0.4) is 0 Å². The lowest BCUT2D eigenvalue weighted by Gasteiger charge is -2.13. The fraction of sp³-hybridized carbons (Fsp3) is 0.175. The van der Waals surface area contributed by atoms with Gasteiger partial charge in [-0.3, -0.25) is 37.9 Å². The Hall–Kier alpha value is -16.0. The summed E-state index contributed by atoms with van der Waals surface area (Å²) in [6.45, 7) is 0.0873.